The highest BCUT2D eigenvalue weighted by Crippen LogP contribution is 2.34. The maximum Gasteiger partial charge on any atom is 0.451 e. The number of ether oxygens (including phenoxy) is 1. The highest BCUT2D eigenvalue weighted by atomic mass is 16.5. The zero-order chi connectivity index (χ0) is 22.5. The smallest absolute Gasteiger partial charge is 0.451 e. The first kappa shape index (κ1) is 23.9. The second-order valence-electron chi connectivity index (χ2n) is 7.60. The quantitative estimate of drug-likeness (QED) is 0.195. The number of carboxylic acid groups (broad SMARTS) is 1. The average molecular weight is 425 g/mol. The first-order chi connectivity index (χ1) is 14.0. The van der Waals surface area contributed by atoms with E-state index in [9.17, 15) is 19.8 Å². The van der Waals surface area contributed by atoms with E-state index in [2.05, 4.69) is 5.32 Å². The fourth-order valence-electron chi connectivity index (χ4n) is 3.22. The minimum atomic E-state index is -1.56. The lowest BCUT2D eigenvalue weighted by Crippen LogP contribution is -2.64. The number of phenols is 1. The summed E-state index contributed by atoms with van der Waals surface area (Å²) in [4.78, 5) is 25.5. The van der Waals surface area contributed by atoms with Gasteiger partial charge in [0, 0.05) is 26.2 Å². The number of hydrogen-bond donors (Lipinski definition) is 7. The van der Waals surface area contributed by atoms with Gasteiger partial charge >= 0.3 is 13.1 Å². The van der Waals surface area contributed by atoms with Crippen LogP contribution in [-0.4, -0.2) is 93.7 Å². The first-order valence-corrected chi connectivity index (χ1v) is 9.56. The molecule has 0 spiro atoms. The number of rotatable bonds is 11. The van der Waals surface area contributed by atoms with Gasteiger partial charge in [-0.3, -0.25) is 9.69 Å². The summed E-state index contributed by atoms with van der Waals surface area (Å²) in [7, 11) is -1.56. The van der Waals surface area contributed by atoms with Gasteiger partial charge in [0.2, 0.25) is 5.91 Å². The van der Waals surface area contributed by atoms with Crippen molar-refractivity contribution in [2.24, 2.45) is 5.73 Å². The summed E-state index contributed by atoms with van der Waals surface area (Å²) in [5, 5.41) is 49.0. The zero-order valence-corrected chi connectivity index (χ0v) is 16.7. The number of carboxylic acids is 1. The van der Waals surface area contributed by atoms with E-state index in [1.54, 1.807) is 6.92 Å². The van der Waals surface area contributed by atoms with E-state index in [1.807, 2.05) is 4.90 Å². The Morgan fingerprint density at radius 1 is 1.37 bits per heavy atom. The van der Waals surface area contributed by atoms with Gasteiger partial charge < -0.3 is 41.2 Å². The number of nitrogens with two attached hydrogens (primary N) is 1. The maximum atomic E-state index is 12.0. The average Bonchev–Trinajstić information content (AvgIpc) is 2.62. The standard InChI is InChI=1S/C18H28BN3O8/c1-18(20,17(27)21-6-7-23)10-22-8-12(9-22)30-13-3-2-11(4-5-19(28)29)15(24)14(13)16(25)26/h2-3,12,23-24,28-29H,4-10,20H2,1H3,(H,21,27)(H,25,26)/t18-/m1/s1. The first-order valence-electron chi connectivity index (χ1n) is 9.56. The van der Waals surface area contributed by atoms with E-state index in [4.69, 9.17) is 25.6 Å². The SMILES string of the molecule is C[C@@](N)(CN1CC(Oc2ccc(CCB(O)O)c(O)c2C(=O)O)C1)C(=O)NCCO. The Morgan fingerprint density at radius 3 is 2.60 bits per heavy atom. The molecule has 12 heteroatoms. The molecule has 0 saturated carbocycles. The van der Waals surface area contributed by atoms with Crippen molar-refractivity contribution < 1.29 is 39.7 Å². The van der Waals surface area contributed by atoms with Crippen LogP contribution in [0.15, 0.2) is 12.1 Å². The molecule has 1 amide bonds. The second kappa shape index (κ2) is 10.1. The number of likely N-dealkylation sites (tertiary alicyclic amines) is 1. The maximum absolute atomic E-state index is 12.0. The molecule has 1 saturated heterocycles. The topological polar surface area (TPSA) is 186 Å². The summed E-state index contributed by atoms with van der Waals surface area (Å²) < 4.78 is 5.72. The highest BCUT2D eigenvalue weighted by molar-refractivity contribution is 6.41. The van der Waals surface area contributed by atoms with Crippen LogP contribution in [0.2, 0.25) is 6.32 Å². The number of aliphatic hydroxyl groups excluding tert-OH is 1. The van der Waals surface area contributed by atoms with Crippen molar-refractivity contribution in [3.8, 4) is 11.5 Å². The molecule has 2 rings (SSSR count). The fraction of sp³-hybridized carbons (Fsp3) is 0.556. The molecule has 1 heterocycles. The van der Waals surface area contributed by atoms with Crippen molar-refractivity contribution in [1.82, 2.24) is 10.2 Å². The molecule has 1 aromatic carbocycles. The third-order valence-electron chi connectivity index (χ3n) is 4.79. The minimum absolute atomic E-state index is 0.00847. The zero-order valence-electron chi connectivity index (χ0n) is 16.7. The molecule has 30 heavy (non-hydrogen) atoms. The van der Waals surface area contributed by atoms with Crippen molar-refractivity contribution in [1.29, 1.82) is 0 Å². The van der Waals surface area contributed by atoms with Crippen molar-refractivity contribution in [2.75, 3.05) is 32.8 Å². The van der Waals surface area contributed by atoms with Gasteiger partial charge in [0.15, 0.2) is 0 Å². The molecule has 1 aromatic rings. The lowest BCUT2D eigenvalue weighted by molar-refractivity contribution is -0.127. The van der Waals surface area contributed by atoms with Gasteiger partial charge in [-0.25, -0.2) is 4.79 Å². The van der Waals surface area contributed by atoms with Crippen molar-refractivity contribution >= 4 is 19.0 Å². The molecule has 166 valence electrons. The van der Waals surface area contributed by atoms with Crippen molar-refractivity contribution in [2.45, 2.75) is 31.3 Å². The largest absolute Gasteiger partial charge is 0.507 e. The minimum Gasteiger partial charge on any atom is -0.507 e. The molecular weight excluding hydrogens is 397 g/mol. The molecule has 1 fully saturated rings. The number of nitrogens with zero attached hydrogens (tertiary/aromatic N) is 1. The molecular formula is C18H28BN3O8. The summed E-state index contributed by atoms with van der Waals surface area (Å²) >= 11 is 0. The molecule has 0 aliphatic carbocycles. The Kier molecular flexibility index (Phi) is 8.04. The molecule has 0 radical (unpaired) electrons. The molecule has 1 aliphatic heterocycles. The number of carbonyl (C=O) groups excluding carboxylic acids is 1. The van der Waals surface area contributed by atoms with Crippen LogP contribution in [0.4, 0.5) is 0 Å². The van der Waals surface area contributed by atoms with Crippen LogP contribution in [0.25, 0.3) is 0 Å². The number of benzene rings is 1. The normalized spacial score (nSPS) is 16.4. The number of carbonyl (C=O) groups is 2. The van der Waals surface area contributed by atoms with Gasteiger partial charge in [-0.2, -0.15) is 0 Å². The Balaban J connectivity index is 1.97. The number of nitrogens with one attached hydrogen (secondary N) is 1. The van der Waals surface area contributed by atoms with Crippen molar-refractivity contribution in [3.63, 3.8) is 0 Å². The van der Waals surface area contributed by atoms with Crippen LogP contribution in [0.5, 0.6) is 11.5 Å². The van der Waals surface area contributed by atoms with E-state index in [0.29, 0.717) is 13.1 Å². The lowest BCUT2D eigenvalue weighted by Gasteiger charge is -2.42. The predicted molar refractivity (Wildman–Crippen MR) is 107 cm³/mol. The van der Waals surface area contributed by atoms with Crippen LogP contribution >= 0.6 is 0 Å². The monoisotopic (exact) mass is 425 g/mol. The number of aromatic hydroxyl groups is 1. The Morgan fingerprint density at radius 2 is 2.03 bits per heavy atom. The molecule has 0 aromatic heterocycles. The third kappa shape index (κ3) is 6.06. The second-order valence-corrected chi connectivity index (χ2v) is 7.60. The van der Waals surface area contributed by atoms with E-state index < -0.39 is 24.4 Å². The number of aromatic carboxylic acids is 1. The van der Waals surface area contributed by atoms with Gasteiger partial charge in [0.05, 0.1) is 6.61 Å². The highest BCUT2D eigenvalue weighted by Gasteiger charge is 2.37. The molecule has 1 atom stereocenters. The van der Waals surface area contributed by atoms with Gasteiger partial charge in [-0.1, -0.05) is 6.07 Å². The summed E-state index contributed by atoms with van der Waals surface area (Å²) in [6, 6.07) is 2.92. The third-order valence-corrected chi connectivity index (χ3v) is 4.79. The predicted octanol–water partition coefficient (Wildman–Crippen LogP) is -2.01. The van der Waals surface area contributed by atoms with Gasteiger partial charge in [0.1, 0.15) is 28.7 Å². The van der Waals surface area contributed by atoms with E-state index in [0.717, 1.165) is 0 Å². The summed E-state index contributed by atoms with van der Waals surface area (Å²) in [5.41, 5.74) is 4.76. The Bertz CT molecular complexity index is 768. The lowest BCUT2D eigenvalue weighted by atomic mass is 9.82. The van der Waals surface area contributed by atoms with Crippen LogP contribution in [-0.2, 0) is 11.2 Å². The van der Waals surface area contributed by atoms with Gasteiger partial charge in [0.25, 0.3) is 0 Å². The molecule has 0 unspecified atom stereocenters. The molecule has 0 bridgehead atoms. The molecule has 8 N–H and O–H groups in total. The number of aryl methyl sites for hydroxylation is 1. The van der Waals surface area contributed by atoms with Crippen molar-refractivity contribution in [3.05, 3.63) is 23.3 Å². The van der Waals surface area contributed by atoms with Gasteiger partial charge in [-0.15, -0.1) is 0 Å². The summed E-state index contributed by atoms with van der Waals surface area (Å²) in [5.74, 6) is -2.20. The van der Waals surface area contributed by atoms with Crippen LogP contribution < -0.4 is 15.8 Å². The van der Waals surface area contributed by atoms with E-state index in [1.165, 1.54) is 12.1 Å². The Hall–Kier alpha value is -2.38. The van der Waals surface area contributed by atoms with Crippen LogP contribution in [0.1, 0.15) is 22.8 Å². The van der Waals surface area contributed by atoms with Crippen LogP contribution in [0.3, 0.4) is 0 Å². The molecule has 11 nitrogen and oxygen atoms in total. The van der Waals surface area contributed by atoms with E-state index in [-0.39, 0.29) is 61.3 Å². The number of hydrogen-bond acceptors (Lipinski definition) is 9. The summed E-state index contributed by atoms with van der Waals surface area (Å²) in [6.45, 7) is 2.60. The molecule has 1 aliphatic rings. The fourth-order valence-corrected chi connectivity index (χ4v) is 3.22. The number of aliphatic hydroxyl groups is 1. The van der Waals surface area contributed by atoms with Crippen LogP contribution in [0, 0.1) is 0 Å². The van der Waals surface area contributed by atoms with E-state index >= 15 is 0 Å². The summed E-state index contributed by atoms with van der Waals surface area (Å²) in [6.07, 6.45) is -0.299. The van der Waals surface area contributed by atoms with Gasteiger partial charge in [-0.05, 0) is 31.3 Å². The Labute approximate surface area is 174 Å². The number of amides is 1.